The molecular weight excluding hydrogens is 258 g/mol. The number of hydrogen-bond acceptors (Lipinski definition) is 2. The second-order valence-electron chi connectivity index (χ2n) is 7.91. The molecule has 0 radical (unpaired) electrons. The molecule has 1 aromatic rings. The number of ether oxygens (including phenoxy) is 1. The molecule has 1 aliphatic heterocycles. The molecule has 1 aliphatic carbocycles. The first-order chi connectivity index (χ1) is 9.98. The molecule has 3 rings (SSSR count). The van der Waals surface area contributed by atoms with Crippen LogP contribution in [0, 0.1) is 5.41 Å². The molecular formula is C19H29NO. The van der Waals surface area contributed by atoms with E-state index in [0.717, 1.165) is 18.7 Å². The molecule has 116 valence electrons. The Labute approximate surface area is 129 Å². The molecule has 2 aliphatic rings. The van der Waals surface area contributed by atoms with Gasteiger partial charge in [-0.25, -0.2) is 0 Å². The van der Waals surface area contributed by atoms with Crippen LogP contribution in [0.15, 0.2) is 24.3 Å². The maximum atomic E-state index is 6.13. The lowest BCUT2D eigenvalue weighted by Crippen LogP contribution is -2.42. The van der Waals surface area contributed by atoms with E-state index in [9.17, 15) is 0 Å². The van der Waals surface area contributed by atoms with E-state index in [0.29, 0.717) is 11.5 Å². The summed E-state index contributed by atoms with van der Waals surface area (Å²) >= 11 is 0. The van der Waals surface area contributed by atoms with Gasteiger partial charge in [0.15, 0.2) is 0 Å². The van der Waals surface area contributed by atoms with Gasteiger partial charge in [-0.2, -0.15) is 0 Å². The smallest absolute Gasteiger partial charge is 0.124 e. The zero-order valence-electron chi connectivity index (χ0n) is 13.7. The van der Waals surface area contributed by atoms with Gasteiger partial charge in [-0.1, -0.05) is 44.4 Å². The first-order valence-corrected chi connectivity index (χ1v) is 8.49. The summed E-state index contributed by atoms with van der Waals surface area (Å²) in [6.07, 6.45) is 7.99. The number of fused-ring (bicyclic) bond motifs is 1. The van der Waals surface area contributed by atoms with Gasteiger partial charge in [0, 0.05) is 24.6 Å². The summed E-state index contributed by atoms with van der Waals surface area (Å²) in [6, 6.07) is 8.93. The quantitative estimate of drug-likeness (QED) is 0.858. The van der Waals surface area contributed by atoms with Crippen molar-refractivity contribution in [1.29, 1.82) is 0 Å². The molecule has 2 nitrogen and oxygen atoms in total. The summed E-state index contributed by atoms with van der Waals surface area (Å²) in [5, 5.41) is 3.86. The maximum absolute atomic E-state index is 6.13. The van der Waals surface area contributed by atoms with Gasteiger partial charge in [0.1, 0.15) is 11.4 Å². The lowest BCUT2D eigenvalue weighted by Gasteiger charge is -2.40. The summed E-state index contributed by atoms with van der Waals surface area (Å²) < 4.78 is 6.13. The van der Waals surface area contributed by atoms with Crippen molar-refractivity contribution in [2.45, 2.75) is 70.9 Å². The van der Waals surface area contributed by atoms with Crippen LogP contribution in [0.4, 0.5) is 0 Å². The summed E-state index contributed by atoms with van der Waals surface area (Å²) in [4.78, 5) is 0. The molecule has 1 N–H and O–H groups in total. The van der Waals surface area contributed by atoms with Crippen molar-refractivity contribution >= 4 is 0 Å². The fourth-order valence-electron chi connectivity index (χ4n) is 3.94. The molecule has 0 saturated heterocycles. The Bertz CT molecular complexity index is 488. The molecule has 1 unspecified atom stereocenters. The zero-order valence-corrected chi connectivity index (χ0v) is 13.7. The molecule has 1 aromatic carbocycles. The molecule has 1 saturated carbocycles. The number of hydrogen-bond donors (Lipinski definition) is 1. The minimum Gasteiger partial charge on any atom is -0.487 e. The largest absolute Gasteiger partial charge is 0.487 e. The molecule has 0 aromatic heterocycles. The van der Waals surface area contributed by atoms with Gasteiger partial charge >= 0.3 is 0 Å². The van der Waals surface area contributed by atoms with Crippen LogP contribution in [0.5, 0.6) is 5.75 Å². The highest BCUT2D eigenvalue weighted by molar-refractivity contribution is 5.38. The van der Waals surface area contributed by atoms with Gasteiger partial charge in [-0.3, -0.25) is 0 Å². The monoisotopic (exact) mass is 287 g/mol. The van der Waals surface area contributed by atoms with E-state index in [1.54, 1.807) is 0 Å². The second kappa shape index (κ2) is 5.64. The minimum atomic E-state index is -0.0838. The minimum absolute atomic E-state index is 0.0838. The molecule has 0 amide bonds. The normalized spacial score (nSPS) is 26.7. The maximum Gasteiger partial charge on any atom is 0.124 e. The van der Waals surface area contributed by atoms with Crippen molar-refractivity contribution in [2.24, 2.45) is 5.41 Å². The standard InChI is InChI=1S/C19H29NO/c1-18(2)13-16(15-9-5-6-10-17(15)21-18)20-14-19(3)11-7-4-8-12-19/h5-6,9-10,16,20H,4,7-8,11-14H2,1-3H3. The van der Waals surface area contributed by atoms with Crippen LogP contribution in [0.25, 0.3) is 0 Å². The lowest BCUT2D eigenvalue weighted by molar-refractivity contribution is 0.0619. The average molecular weight is 287 g/mol. The van der Waals surface area contributed by atoms with E-state index in [4.69, 9.17) is 4.74 Å². The van der Waals surface area contributed by atoms with E-state index >= 15 is 0 Å². The third-order valence-electron chi connectivity index (χ3n) is 5.21. The predicted molar refractivity (Wildman–Crippen MR) is 87.7 cm³/mol. The Hall–Kier alpha value is -1.02. The number of rotatable bonds is 3. The van der Waals surface area contributed by atoms with Crippen molar-refractivity contribution in [2.75, 3.05) is 6.54 Å². The third kappa shape index (κ3) is 3.42. The topological polar surface area (TPSA) is 21.3 Å². The number of nitrogens with one attached hydrogen (secondary N) is 1. The molecule has 0 spiro atoms. The van der Waals surface area contributed by atoms with Crippen LogP contribution in [-0.4, -0.2) is 12.1 Å². The van der Waals surface area contributed by atoms with Gasteiger partial charge in [-0.15, -0.1) is 0 Å². The zero-order chi connectivity index (χ0) is 14.9. The van der Waals surface area contributed by atoms with Crippen LogP contribution < -0.4 is 10.1 Å². The first kappa shape index (κ1) is 14.9. The highest BCUT2D eigenvalue weighted by atomic mass is 16.5. The second-order valence-corrected chi connectivity index (χ2v) is 7.91. The van der Waals surface area contributed by atoms with Crippen LogP contribution in [0.3, 0.4) is 0 Å². The fourth-order valence-corrected chi connectivity index (χ4v) is 3.94. The van der Waals surface area contributed by atoms with Crippen molar-refractivity contribution in [3.8, 4) is 5.75 Å². The van der Waals surface area contributed by atoms with E-state index < -0.39 is 0 Å². The van der Waals surface area contributed by atoms with E-state index in [2.05, 4.69) is 50.4 Å². The predicted octanol–water partition coefficient (Wildman–Crippen LogP) is 4.85. The van der Waals surface area contributed by atoms with Crippen LogP contribution in [0.1, 0.15) is 70.9 Å². The average Bonchev–Trinajstić information content (AvgIpc) is 2.44. The van der Waals surface area contributed by atoms with Gasteiger partial charge in [-0.05, 0) is 38.2 Å². The Morgan fingerprint density at radius 2 is 1.81 bits per heavy atom. The molecule has 1 fully saturated rings. The third-order valence-corrected chi connectivity index (χ3v) is 5.21. The summed E-state index contributed by atoms with van der Waals surface area (Å²) in [5.41, 5.74) is 1.73. The molecule has 2 heteroatoms. The van der Waals surface area contributed by atoms with Gasteiger partial charge in [0.05, 0.1) is 0 Å². The summed E-state index contributed by atoms with van der Waals surface area (Å²) in [6.45, 7) is 7.97. The van der Waals surface area contributed by atoms with Gasteiger partial charge < -0.3 is 10.1 Å². The highest BCUT2D eigenvalue weighted by Gasteiger charge is 2.35. The Morgan fingerprint density at radius 3 is 2.57 bits per heavy atom. The molecule has 1 heterocycles. The Morgan fingerprint density at radius 1 is 1.10 bits per heavy atom. The highest BCUT2D eigenvalue weighted by Crippen LogP contribution is 2.41. The van der Waals surface area contributed by atoms with E-state index in [-0.39, 0.29) is 5.60 Å². The van der Waals surface area contributed by atoms with Gasteiger partial charge in [0.25, 0.3) is 0 Å². The van der Waals surface area contributed by atoms with Crippen molar-refractivity contribution < 1.29 is 4.74 Å². The van der Waals surface area contributed by atoms with Crippen molar-refractivity contribution in [3.63, 3.8) is 0 Å². The molecule has 1 atom stereocenters. The SMILES string of the molecule is CC1(CNC2CC(C)(C)Oc3ccccc32)CCCCC1. The number of benzene rings is 1. The van der Waals surface area contributed by atoms with Crippen molar-refractivity contribution in [1.82, 2.24) is 5.32 Å². The Kier molecular flexibility index (Phi) is 4.00. The van der Waals surface area contributed by atoms with Crippen molar-refractivity contribution in [3.05, 3.63) is 29.8 Å². The summed E-state index contributed by atoms with van der Waals surface area (Å²) in [7, 11) is 0. The Balaban J connectivity index is 1.72. The number of para-hydroxylation sites is 1. The van der Waals surface area contributed by atoms with E-state index in [1.165, 1.54) is 37.7 Å². The van der Waals surface area contributed by atoms with Crippen LogP contribution in [-0.2, 0) is 0 Å². The van der Waals surface area contributed by atoms with E-state index in [1.807, 2.05) is 0 Å². The van der Waals surface area contributed by atoms with Gasteiger partial charge in [0.2, 0.25) is 0 Å². The summed E-state index contributed by atoms with van der Waals surface area (Å²) in [5.74, 6) is 1.06. The van der Waals surface area contributed by atoms with Crippen LogP contribution >= 0.6 is 0 Å². The van der Waals surface area contributed by atoms with Crippen LogP contribution in [0.2, 0.25) is 0 Å². The molecule has 21 heavy (non-hydrogen) atoms. The first-order valence-electron chi connectivity index (χ1n) is 8.49. The fraction of sp³-hybridized carbons (Fsp3) is 0.684. The lowest BCUT2D eigenvalue weighted by atomic mass is 9.75. The molecule has 0 bridgehead atoms.